The highest BCUT2D eigenvalue weighted by Crippen LogP contribution is 2.27. The minimum atomic E-state index is -0.00383. The van der Waals surface area contributed by atoms with Crippen LogP contribution < -0.4 is 11.1 Å². The minimum Gasteiger partial charge on any atom is -0.348 e. The Kier molecular flexibility index (Phi) is 5.00. The van der Waals surface area contributed by atoms with Crippen LogP contribution in [0.1, 0.15) is 36.0 Å². The van der Waals surface area contributed by atoms with Crippen LogP contribution in [-0.2, 0) is 0 Å². The van der Waals surface area contributed by atoms with Crippen LogP contribution in [0.4, 0.5) is 0 Å². The van der Waals surface area contributed by atoms with Gasteiger partial charge in [-0.05, 0) is 59.5 Å². The minimum absolute atomic E-state index is 0.00383. The van der Waals surface area contributed by atoms with Gasteiger partial charge in [-0.15, -0.1) is 0 Å². The molecule has 2 rings (SSSR count). The van der Waals surface area contributed by atoms with Gasteiger partial charge in [0.25, 0.3) is 5.91 Å². The normalized spacial score (nSPS) is 17.7. The second kappa shape index (κ2) is 6.52. The lowest BCUT2D eigenvalue weighted by Crippen LogP contribution is -2.44. The number of benzene rings is 1. The van der Waals surface area contributed by atoms with Crippen molar-refractivity contribution in [2.45, 2.75) is 31.7 Å². The molecule has 0 radical (unpaired) electrons. The molecule has 3 nitrogen and oxygen atoms in total. The molecular weight excluding hydrogens is 339 g/mol. The number of rotatable bonds is 4. The summed E-state index contributed by atoms with van der Waals surface area (Å²) >= 11 is 2.22. The summed E-state index contributed by atoms with van der Waals surface area (Å²) in [4.78, 5) is 12.2. The Hall–Kier alpha value is -0.620. The Balaban J connectivity index is 2.00. The Morgan fingerprint density at radius 2 is 2.17 bits per heavy atom. The zero-order chi connectivity index (χ0) is 13.0. The van der Waals surface area contributed by atoms with Gasteiger partial charge >= 0.3 is 0 Å². The fraction of sp³-hybridized carbons (Fsp3) is 0.500. The fourth-order valence-corrected chi connectivity index (χ4v) is 3.15. The zero-order valence-corrected chi connectivity index (χ0v) is 12.5. The molecule has 1 unspecified atom stereocenters. The quantitative estimate of drug-likeness (QED) is 0.813. The smallest absolute Gasteiger partial charge is 0.251 e. The van der Waals surface area contributed by atoms with Gasteiger partial charge in [-0.1, -0.05) is 18.9 Å². The van der Waals surface area contributed by atoms with Crippen LogP contribution in [0.5, 0.6) is 0 Å². The summed E-state index contributed by atoms with van der Waals surface area (Å²) in [6.07, 6.45) is 4.91. The van der Waals surface area contributed by atoms with Crippen molar-refractivity contribution >= 4 is 28.5 Å². The van der Waals surface area contributed by atoms with Crippen LogP contribution in [0.3, 0.4) is 0 Å². The molecule has 1 aliphatic rings. The van der Waals surface area contributed by atoms with Gasteiger partial charge in [0.15, 0.2) is 0 Å². The highest BCUT2D eigenvalue weighted by atomic mass is 127. The molecule has 1 atom stereocenters. The van der Waals surface area contributed by atoms with E-state index in [-0.39, 0.29) is 11.9 Å². The summed E-state index contributed by atoms with van der Waals surface area (Å²) in [5.74, 6) is 0.553. The van der Waals surface area contributed by atoms with Gasteiger partial charge in [0.2, 0.25) is 0 Å². The maximum absolute atomic E-state index is 12.2. The first kappa shape index (κ1) is 13.8. The Morgan fingerprint density at radius 3 is 2.78 bits per heavy atom. The molecule has 1 aliphatic carbocycles. The molecule has 1 amide bonds. The third-order valence-corrected chi connectivity index (χ3v) is 4.30. The van der Waals surface area contributed by atoms with E-state index in [1.54, 1.807) is 0 Å². The standard InChI is InChI=1S/C14H19IN2O/c15-12-7-3-6-11(8-12)14(18)17-13(9-16)10-4-1-2-5-10/h3,6-8,10,13H,1-2,4-5,9,16H2,(H,17,18). The number of halogens is 1. The Bertz CT molecular complexity index is 416. The Labute approximate surface area is 122 Å². The summed E-state index contributed by atoms with van der Waals surface area (Å²) in [7, 11) is 0. The monoisotopic (exact) mass is 358 g/mol. The number of carbonyl (C=O) groups is 1. The highest BCUT2D eigenvalue weighted by molar-refractivity contribution is 14.1. The van der Waals surface area contributed by atoms with Crippen LogP contribution in [-0.4, -0.2) is 18.5 Å². The number of nitrogens with two attached hydrogens (primary N) is 1. The first-order valence-electron chi connectivity index (χ1n) is 6.47. The predicted octanol–water partition coefficient (Wildman–Crippen LogP) is 2.54. The van der Waals surface area contributed by atoms with E-state index in [4.69, 9.17) is 5.73 Å². The van der Waals surface area contributed by atoms with E-state index < -0.39 is 0 Å². The van der Waals surface area contributed by atoms with Crippen molar-refractivity contribution < 1.29 is 4.79 Å². The molecule has 1 aromatic carbocycles. The van der Waals surface area contributed by atoms with E-state index >= 15 is 0 Å². The molecule has 0 bridgehead atoms. The first-order chi connectivity index (χ1) is 8.70. The molecule has 1 fully saturated rings. The van der Waals surface area contributed by atoms with Gasteiger partial charge < -0.3 is 11.1 Å². The molecule has 1 saturated carbocycles. The molecular formula is C14H19IN2O. The van der Waals surface area contributed by atoms with Gasteiger partial charge in [0.1, 0.15) is 0 Å². The van der Waals surface area contributed by atoms with Crippen molar-refractivity contribution in [2.24, 2.45) is 11.7 Å². The number of nitrogens with one attached hydrogen (secondary N) is 1. The zero-order valence-electron chi connectivity index (χ0n) is 10.4. The van der Waals surface area contributed by atoms with Crippen LogP contribution >= 0.6 is 22.6 Å². The summed E-state index contributed by atoms with van der Waals surface area (Å²) in [6.45, 7) is 0.528. The summed E-state index contributed by atoms with van der Waals surface area (Å²) in [5, 5.41) is 3.08. The molecule has 1 aromatic rings. The lowest BCUT2D eigenvalue weighted by Gasteiger charge is -2.23. The van der Waals surface area contributed by atoms with Crippen LogP contribution in [0.15, 0.2) is 24.3 Å². The summed E-state index contributed by atoms with van der Waals surface area (Å²) in [5.41, 5.74) is 6.51. The lowest BCUT2D eigenvalue weighted by molar-refractivity contribution is 0.0924. The molecule has 3 N–H and O–H groups in total. The topological polar surface area (TPSA) is 55.1 Å². The average Bonchev–Trinajstić information content (AvgIpc) is 2.89. The first-order valence-corrected chi connectivity index (χ1v) is 7.55. The molecule has 0 spiro atoms. The van der Waals surface area contributed by atoms with E-state index in [1.165, 1.54) is 25.7 Å². The Morgan fingerprint density at radius 1 is 1.44 bits per heavy atom. The van der Waals surface area contributed by atoms with Crippen molar-refractivity contribution in [1.29, 1.82) is 0 Å². The molecule has 98 valence electrons. The number of hydrogen-bond donors (Lipinski definition) is 2. The number of carbonyl (C=O) groups excluding carboxylic acids is 1. The van der Waals surface area contributed by atoms with Gasteiger partial charge in [0, 0.05) is 21.7 Å². The second-order valence-corrected chi connectivity index (χ2v) is 6.12. The molecule has 18 heavy (non-hydrogen) atoms. The van der Waals surface area contributed by atoms with E-state index in [2.05, 4.69) is 27.9 Å². The van der Waals surface area contributed by atoms with Crippen molar-refractivity contribution in [3.8, 4) is 0 Å². The SMILES string of the molecule is NCC(NC(=O)c1cccc(I)c1)C1CCCC1. The molecule has 0 saturated heterocycles. The molecule has 0 heterocycles. The van der Waals surface area contributed by atoms with Crippen molar-refractivity contribution in [3.63, 3.8) is 0 Å². The fourth-order valence-electron chi connectivity index (χ4n) is 2.61. The van der Waals surface area contributed by atoms with Crippen molar-refractivity contribution in [2.75, 3.05) is 6.54 Å². The summed E-state index contributed by atoms with van der Waals surface area (Å²) in [6, 6.07) is 7.76. The average molecular weight is 358 g/mol. The highest BCUT2D eigenvalue weighted by Gasteiger charge is 2.25. The molecule has 0 aromatic heterocycles. The van der Waals surface area contributed by atoms with Gasteiger partial charge in [-0.25, -0.2) is 0 Å². The number of hydrogen-bond acceptors (Lipinski definition) is 2. The molecule has 4 heteroatoms. The van der Waals surface area contributed by atoms with Crippen molar-refractivity contribution in [1.82, 2.24) is 5.32 Å². The third-order valence-electron chi connectivity index (χ3n) is 3.63. The third kappa shape index (κ3) is 3.45. The lowest BCUT2D eigenvalue weighted by atomic mass is 9.98. The van der Waals surface area contributed by atoms with Gasteiger partial charge in [-0.2, -0.15) is 0 Å². The van der Waals surface area contributed by atoms with Gasteiger partial charge in [-0.3, -0.25) is 4.79 Å². The summed E-state index contributed by atoms with van der Waals surface area (Å²) < 4.78 is 1.07. The number of amides is 1. The molecule has 0 aliphatic heterocycles. The maximum atomic E-state index is 12.2. The van der Waals surface area contributed by atoms with E-state index in [1.807, 2.05) is 24.3 Å². The maximum Gasteiger partial charge on any atom is 0.251 e. The van der Waals surface area contributed by atoms with Crippen LogP contribution in [0, 0.1) is 9.49 Å². The second-order valence-electron chi connectivity index (χ2n) is 4.87. The van der Waals surface area contributed by atoms with Gasteiger partial charge in [0.05, 0.1) is 0 Å². The van der Waals surface area contributed by atoms with E-state index in [0.717, 1.165) is 9.13 Å². The van der Waals surface area contributed by atoms with Crippen molar-refractivity contribution in [3.05, 3.63) is 33.4 Å². The van der Waals surface area contributed by atoms with Crippen LogP contribution in [0.25, 0.3) is 0 Å². The van der Waals surface area contributed by atoms with Crippen LogP contribution in [0.2, 0.25) is 0 Å². The van der Waals surface area contributed by atoms with E-state index in [9.17, 15) is 4.79 Å². The van der Waals surface area contributed by atoms with E-state index in [0.29, 0.717) is 12.5 Å². The largest absolute Gasteiger partial charge is 0.348 e. The predicted molar refractivity (Wildman–Crippen MR) is 81.4 cm³/mol.